The van der Waals surface area contributed by atoms with Gasteiger partial charge in [-0.15, -0.1) is 4.99 Å². The summed E-state index contributed by atoms with van der Waals surface area (Å²) in [6.07, 6.45) is -1.52. The van der Waals surface area contributed by atoms with Crippen molar-refractivity contribution in [2.24, 2.45) is 4.99 Å². The Labute approximate surface area is 148 Å². The molecule has 0 aliphatic heterocycles. The molecule has 0 saturated carbocycles. The van der Waals surface area contributed by atoms with Gasteiger partial charge < -0.3 is 14.8 Å². The molecule has 0 aromatic heterocycles. The first-order chi connectivity index (χ1) is 11.4. The number of aliphatic imine (C=N–C) groups is 1. The normalized spacial score (nSPS) is 12.3. The van der Waals surface area contributed by atoms with Gasteiger partial charge in [0.1, 0.15) is 11.2 Å². The summed E-state index contributed by atoms with van der Waals surface area (Å²) in [4.78, 5) is 27.6. The molecule has 0 atom stereocenters. The number of nitrogens with zero attached hydrogens (tertiary/aromatic N) is 1. The van der Waals surface area contributed by atoms with E-state index in [9.17, 15) is 9.59 Å². The standard InChI is InChI=1S/C18H27N3O4/c1-17(2,3)24-15(22)20-14(21-16(23)25-18(4,5)6)19-12-13-10-8-7-9-11-13/h7-11H,12H2,1-6H3,(H2,19,20,21,22,23). The van der Waals surface area contributed by atoms with Crippen LogP contribution in [0.3, 0.4) is 0 Å². The molecule has 1 aromatic rings. The van der Waals surface area contributed by atoms with Gasteiger partial charge in [-0.05, 0) is 47.1 Å². The number of benzene rings is 1. The molecule has 0 spiro atoms. The molecule has 0 bridgehead atoms. The van der Waals surface area contributed by atoms with Crippen LogP contribution in [0.25, 0.3) is 0 Å². The molecule has 25 heavy (non-hydrogen) atoms. The van der Waals surface area contributed by atoms with Crippen LogP contribution in [-0.2, 0) is 16.0 Å². The predicted octanol–water partition coefficient (Wildman–Crippen LogP) is 3.59. The van der Waals surface area contributed by atoms with Gasteiger partial charge in [-0.25, -0.2) is 9.59 Å². The third kappa shape index (κ3) is 10.0. The van der Waals surface area contributed by atoms with Crippen molar-refractivity contribution in [3.05, 3.63) is 35.9 Å². The molecule has 1 rings (SSSR count). The van der Waals surface area contributed by atoms with Gasteiger partial charge in [0.05, 0.1) is 0 Å². The highest BCUT2D eigenvalue weighted by molar-refractivity contribution is 5.98. The number of carbonyl (C=O) groups excluding carboxylic acids is 2. The van der Waals surface area contributed by atoms with Crippen molar-refractivity contribution < 1.29 is 19.1 Å². The zero-order valence-corrected chi connectivity index (χ0v) is 15.7. The van der Waals surface area contributed by atoms with E-state index in [-0.39, 0.29) is 5.96 Å². The molecular formula is C18H27N3O4. The van der Waals surface area contributed by atoms with Gasteiger partial charge in [-0.2, -0.15) is 0 Å². The van der Waals surface area contributed by atoms with Crippen LogP contribution in [0.15, 0.2) is 35.3 Å². The zero-order chi connectivity index (χ0) is 19.1. The lowest BCUT2D eigenvalue weighted by Crippen LogP contribution is -2.44. The summed E-state index contributed by atoms with van der Waals surface area (Å²) in [6, 6.07) is 9.50. The number of carbonyl (C=O) groups is 2. The zero-order valence-electron chi connectivity index (χ0n) is 15.7. The summed E-state index contributed by atoms with van der Waals surface area (Å²) >= 11 is 0. The minimum atomic E-state index is -0.806. The van der Waals surface area contributed by atoms with E-state index in [0.29, 0.717) is 6.54 Å². The molecule has 0 aliphatic carbocycles. The predicted molar refractivity (Wildman–Crippen MR) is 96.3 cm³/mol. The number of hydrogen-bond donors (Lipinski definition) is 2. The highest BCUT2D eigenvalue weighted by Gasteiger charge is 2.20. The minimum Gasteiger partial charge on any atom is -0.444 e. The summed E-state index contributed by atoms with van der Waals surface area (Å²) in [7, 11) is 0. The van der Waals surface area contributed by atoms with Crippen molar-refractivity contribution in [3.63, 3.8) is 0 Å². The third-order valence-electron chi connectivity index (χ3n) is 2.52. The lowest BCUT2D eigenvalue weighted by atomic mass is 10.2. The Morgan fingerprint density at radius 1 is 0.960 bits per heavy atom. The second kappa shape index (κ2) is 8.50. The number of alkyl carbamates (subject to hydrolysis) is 1. The van der Waals surface area contributed by atoms with Gasteiger partial charge in [0, 0.05) is 6.54 Å². The average molecular weight is 349 g/mol. The fourth-order valence-electron chi connectivity index (χ4n) is 1.67. The smallest absolute Gasteiger partial charge is 0.437 e. The van der Waals surface area contributed by atoms with Crippen LogP contribution in [0.1, 0.15) is 47.1 Å². The first-order valence-electron chi connectivity index (χ1n) is 8.04. The van der Waals surface area contributed by atoms with E-state index in [2.05, 4.69) is 15.6 Å². The maximum absolute atomic E-state index is 11.9. The first kappa shape index (κ1) is 20.5. The molecule has 0 aliphatic rings. The van der Waals surface area contributed by atoms with Crippen molar-refractivity contribution in [1.29, 1.82) is 0 Å². The monoisotopic (exact) mass is 349 g/mol. The number of hydrogen-bond acceptors (Lipinski definition) is 4. The SMILES string of the molecule is CC(C)(C)OC(=O)/N=C(/NCc1ccccc1)NC(=O)OC(C)(C)C. The maximum atomic E-state index is 11.9. The summed E-state index contributed by atoms with van der Waals surface area (Å²) in [5.74, 6) is -0.0349. The largest absolute Gasteiger partial charge is 0.444 e. The lowest BCUT2D eigenvalue weighted by Gasteiger charge is -2.21. The van der Waals surface area contributed by atoms with Gasteiger partial charge >= 0.3 is 12.2 Å². The topological polar surface area (TPSA) is 89.0 Å². The van der Waals surface area contributed by atoms with Crippen LogP contribution >= 0.6 is 0 Å². The van der Waals surface area contributed by atoms with Gasteiger partial charge in [0.25, 0.3) is 0 Å². The molecule has 138 valence electrons. The van der Waals surface area contributed by atoms with Crippen LogP contribution in [0.4, 0.5) is 9.59 Å². The van der Waals surface area contributed by atoms with E-state index in [1.807, 2.05) is 30.3 Å². The van der Waals surface area contributed by atoms with Gasteiger partial charge in [-0.1, -0.05) is 30.3 Å². The van der Waals surface area contributed by atoms with E-state index in [1.54, 1.807) is 41.5 Å². The third-order valence-corrected chi connectivity index (χ3v) is 2.52. The summed E-state index contributed by atoms with van der Waals surface area (Å²) < 4.78 is 10.3. The molecule has 0 saturated heterocycles. The molecule has 7 nitrogen and oxygen atoms in total. The van der Waals surface area contributed by atoms with Crippen LogP contribution in [0.5, 0.6) is 0 Å². The minimum absolute atomic E-state index is 0.0349. The molecule has 2 amide bonds. The van der Waals surface area contributed by atoms with Crippen molar-refractivity contribution in [1.82, 2.24) is 10.6 Å². The van der Waals surface area contributed by atoms with Crippen molar-refractivity contribution in [2.45, 2.75) is 59.3 Å². The highest BCUT2D eigenvalue weighted by atomic mass is 16.6. The van der Waals surface area contributed by atoms with Crippen molar-refractivity contribution in [2.75, 3.05) is 0 Å². The van der Waals surface area contributed by atoms with Gasteiger partial charge in [0.15, 0.2) is 0 Å². The van der Waals surface area contributed by atoms with E-state index in [1.165, 1.54) is 0 Å². The van der Waals surface area contributed by atoms with Crippen LogP contribution in [-0.4, -0.2) is 29.3 Å². The summed E-state index contributed by atoms with van der Waals surface area (Å²) in [5.41, 5.74) is -0.386. The summed E-state index contributed by atoms with van der Waals surface area (Å²) in [6.45, 7) is 10.8. The molecule has 0 unspecified atom stereocenters. The van der Waals surface area contributed by atoms with Crippen molar-refractivity contribution in [3.8, 4) is 0 Å². The molecule has 0 fully saturated rings. The van der Waals surface area contributed by atoms with Gasteiger partial charge in [0.2, 0.25) is 5.96 Å². The fraction of sp³-hybridized carbons (Fsp3) is 0.500. The van der Waals surface area contributed by atoms with E-state index >= 15 is 0 Å². The highest BCUT2D eigenvalue weighted by Crippen LogP contribution is 2.09. The first-order valence-corrected chi connectivity index (χ1v) is 8.04. The van der Waals surface area contributed by atoms with Crippen molar-refractivity contribution >= 4 is 18.1 Å². The molecule has 0 heterocycles. The average Bonchev–Trinajstić information content (AvgIpc) is 2.41. The number of nitrogens with one attached hydrogen (secondary N) is 2. The molecule has 2 N–H and O–H groups in total. The fourth-order valence-corrected chi connectivity index (χ4v) is 1.67. The molecule has 7 heteroatoms. The van der Waals surface area contributed by atoms with E-state index < -0.39 is 23.4 Å². The van der Waals surface area contributed by atoms with E-state index in [4.69, 9.17) is 9.47 Å². The number of guanidine groups is 1. The lowest BCUT2D eigenvalue weighted by molar-refractivity contribution is 0.0560. The Hall–Kier alpha value is -2.57. The Balaban J connectivity index is 2.81. The Morgan fingerprint density at radius 2 is 1.52 bits per heavy atom. The molecule has 0 radical (unpaired) electrons. The van der Waals surface area contributed by atoms with Crippen LogP contribution in [0.2, 0.25) is 0 Å². The van der Waals surface area contributed by atoms with Gasteiger partial charge in [-0.3, -0.25) is 5.32 Å². The Bertz CT molecular complexity index is 613. The maximum Gasteiger partial charge on any atom is 0.437 e. The van der Waals surface area contributed by atoms with Crippen LogP contribution in [0, 0.1) is 0 Å². The van der Waals surface area contributed by atoms with E-state index in [0.717, 1.165) is 5.56 Å². The molecule has 1 aromatic carbocycles. The number of rotatable bonds is 2. The second-order valence-electron chi connectivity index (χ2n) is 7.41. The quantitative estimate of drug-likeness (QED) is 0.629. The molecular weight excluding hydrogens is 322 g/mol. The summed E-state index contributed by atoms with van der Waals surface area (Å²) in [5, 5.41) is 5.34. The second-order valence-corrected chi connectivity index (χ2v) is 7.41. The van der Waals surface area contributed by atoms with Crippen LogP contribution < -0.4 is 10.6 Å². The Morgan fingerprint density at radius 3 is 2.04 bits per heavy atom. The Kier molecular flexibility index (Phi) is 6.97. The number of ether oxygens (including phenoxy) is 2. The number of amides is 2.